The van der Waals surface area contributed by atoms with Gasteiger partial charge in [-0.3, -0.25) is 9.69 Å². The van der Waals surface area contributed by atoms with Gasteiger partial charge < -0.3 is 15.2 Å². The molecular weight excluding hydrogens is 452 g/mol. The van der Waals surface area contributed by atoms with E-state index in [2.05, 4.69) is 15.2 Å². The number of benzene rings is 1. The van der Waals surface area contributed by atoms with Gasteiger partial charge in [0.15, 0.2) is 0 Å². The first-order chi connectivity index (χ1) is 17.6. The number of nitrogens with zero attached hydrogens (tertiary/aromatic N) is 3. The van der Waals surface area contributed by atoms with Crippen molar-refractivity contribution in [2.45, 2.75) is 44.7 Å². The van der Waals surface area contributed by atoms with Crippen LogP contribution in [0.2, 0.25) is 0 Å². The molecule has 2 saturated carbocycles. The maximum Gasteiger partial charge on any atom is 0.252 e. The van der Waals surface area contributed by atoms with Gasteiger partial charge in [0.1, 0.15) is 0 Å². The number of carbonyl (C=O) groups excluding carboxylic acids is 1. The van der Waals surface area contributed by atoms with E-state index in [0.29, 0.717) is 41.8 Å². The van der Waals surface area contributed by atoms with E-state index in [1.165, 1.54) is 12.8 Å². The molecule has 1 aliphatic heterocycles. The van der Waals surface area contributed by atoms with E-state index in [0.717, 1.165) is 48.1 Å². The Bertz CT molecular complexity index is 1230. The minimum atomic E-state index is -0.0400. The number of pyridine rings is 2. The van der Waals surface area contributed by atoms with Gasteiger partial charge in [-0.2, -0.15) is 0 Å². The monoisotopic (exact) mass is 486 g/mol. The summed E-state index contributed by atoms with van der Waals surface area (Å²) in [6, 6.07) is 14.0. The van der Waals surface area contributed by atoms with E-state index in [4.69, 9.17) is 9.72 Å². The van der Waals surface area contributed by atoms with Gasteiger partial charge in [0.25, 0.3) is 5.91 Å². The molecule has 3 heterocycles. The van der Waals surface area contributed by atoms with Crippen LogP contribution in [0.15, 0.2) is 48.7 Å². The molecule has 7 heteroatoms. The highest BCUT2D eigenvalue weighted by Gasteiger charge is 2.45. The van der Waals surface area contributed by atoms with Crippen LogP contribution in [0.25, 0.3) is 22.2 Å². The van der Waals surface area contributed by atoms with Crippen molar-refractivity contribution in [3.05, 3.63) is 54.2 Å². The number of para-hydroxylation sites is 1. The van der Waals surface area contributed by atoms with E-state index >= 15 is 0 Å². The molecule has 3 fully saturated rings. The SMILES string of the molecule is CCOc1ccc(-c2cc(C(=O)NC3C[C@@H]4CN([C@H](CO)C5CC5)C[C@@H]4C3)c3ccccc3n2)cn1. The average Bonchev–Trinajstić information content (AvgIpc) is 3.55. The zero-order valence-electron chi connectivity index (χ0n) is 20.8. The van der Waals surface area contributed by atoms with Crippen LogP contribution in [-0.2, 0) is 0 Å². The molecule has 1 unspecified atom stereocenters. The smallest absolute Gasteiger partial charge is 0.252 e. The van der Waals surface area contributed by atoms with Crippen molar-refractivity contribution >= 4 is 16.8 Å². The summed E-state index contributed by atoms with van der Waals surface area (Å²) in [4.78, 5) is 25.2. The Labute approximate surface area is 211 Å². The fraction of sp³-hybridized carbons (Fsp3) is 0.483. The molecule has 1 amide bonds. The number of hydrogen-bond donors (Lipinski definition) is 2. The number of hydrogen-bond acceptors (Lipinski definition) is 6. The molecule has 0 radical (unpaired) electrons. The van der Waals surface area contributed by atoms with Crippen LogP contribution in [0.1, 0.15) is 43.0 Å². The molecule has 7 nitrogen and oxygen atoms in total. The van der Waals surface area contributed by atoms with E-state index in [-0.39, 0.29) is 18.6 Å². The lowest BCUT2D eigenvalue weighted by atomic mass is 10.0. The molecule has 3 aromatic rings. The molecule has 0 spiro atoms. The van der Waals surface area contributed by atoms with Crippen molar-refractivity contribution < 1.29 is 14.6 Å². The normalized spacial score (nSPS) is 24.6. The van der Waals surface area contributed by atoms with Gasteiger partial charge in [0, 0.05) is 48.4 Å². The van der Waals surface area contributed by atoms with E-state index < -0.39 is 0 Å². The molecule has 2 aliphatic carbocycles. The van der Waals surface area contributed by atoms with Gasteiger partial charge in [-0.25, -0.2) is 9.97 Å². The molecule has 6 rings (SSSR count). The van der Waals surface area contributed by atoms with Crippen LogP contribution < -0.4 is 10.1 Å². The molecule has 1 aromatic carbocycles. The van der Waals surface area contributed by atoms with Crippen molar-refractivity contribution in [2.24, 2.45) is 17.8 Å². The lowest BCUT2D eigenvalue weighted by molar-refractivity contribution is 0.0932. The van der Waals surface area contributed by atoms with Crippen LogP contribution in [0, 0.1) is 17.8 Å². The van der Waals surface area contributed by atoms with Gasteiger partial charge in [-0.05, 0) is 68.6 Å². The first kappa shape index (κ1) is 23.4. The minimum absolute atomic E-state index is 0.0400. The summed E-state index contributed by atoms with van der Waals surface area (Å²) in [6.45, 7) is 4.86. The molecule has 3 aliphatic rings. The largest absolute Gasteiger partial charge is 0.478 e. The molecule has 2 N–H and O–H groups in total. The predicted octanol–water partition coefficient (Wildman–Crippen LogP) is 3.91. The van der Waals surface area contributed by atoms with E-state index in [1.54, 1.807) is 6.20 Å². The van der Waals surface area contributed by atoms with E-state index in [9.17, 15) is 9.90 Å². The number of ether oxygens (including phenoxy) is 1. The number of carbonyl (C=O) groups is 1. The molecular formula is C29H34N4O3. The number of likely N-dealkylation sites (tertiary alicyclic amines) is 1. The summed E-state index contributed by atoms with van der Waals surface area (Å²) in [7, 11) is 0. The van der Waals surface area contributed by atoms with Gasteiger partial charge in [0.2, 0.25) is 5.88 Å². The molecule has 2 aromatic heterocycles. The third-order valence-corrected chi connectivity index (χ3v) is 8.22. The highest BCUT2D eigenvalue weighted by atomic mass is 16.5. The second kappa shape index (κ2) is 9.79. The van der Waals surface area contributed by atoms with Crippen LogP contribution in [0.3, 0.4) is 0 Å². The Morgan fingerprint density at radius 1 is 1.17 bits per heavy atom. The summed E-state index contributed by atoms with van der Waals surface area (Å²) < 4.78 is 5.46. The van der Waals surface area contributed by atoms with Gasteiger partial charge in [-0.15, -0.1) is 0 Å². The highest BCUT2D eigenvalue weighted by molar-refractivity contribution is 6.07. The molecule has 188 valence electrons. The third kappa shape index (κ3) is 4.58. The first-order valence-corrected chi connectivity index (χ1v) is 13.3. The Balaban J connectivity index is 1.18. The molecule has 36 heavy (non-hydrogen) atoms. The number of fused-ring (bicyclic) bond motifs is 2. The van der Waals surface area contributed by atoms with Crippen molar-refractivity contribution in [1.82, 2.24) is 20.2 Å². The topological polar surface area (TPSA) is 87.6 Å². The minimum Gasteiger partial charge on any atom is -0.478 e. The fourth-order valence-corrected chi connectivity index (χ4v) is 6.31. The number of nitrogens with one attached hydrogen (secondary N) is 1. The van der Waals surface area contributed by atoms with Crippen LogP contribution >= 0.6 is 0 Å². The number of aliphatic hydroxyl groups excluding tert-OH is 1. The predicted molar refractivity (Wildman–Crippen MR) is 139 cm³/mol. The summed E-state index contributed by atoms with van der Waals surface area (Å²) in [6.07, 6.45) is 6.27. The van der Waals surface area contributed by atoms with Crippen LogP contribution in [0.4, 0.5) is 0 Å². The zero-order chi connectivity index (χ0) is 24.6. The number of rotatable bonds is 8. The van der Waals surface area contributed by atoms with Gasteiger partial charge in [-0.1, -0.05) is 18.2 Å². The van der Waals surface area contributed by atoms with Crippen molar-refractivity contribution in [3.63, 3.8) is 0 Å². The summed E-state index contributed by atoms with van der Waals surface area (Å²) in [5, 5.41) is 14.1. The van der Waals surface area contributed by atoms with Crippen molar-refractivity contribution in [2.75, 3.05) is 26.3 Å². The van der Waals surface area contributed by atoms with Crippen LogP contribution in [-0.4, -0.2) is 64.3 Å². The van der Waals surface area contributed by atoms with E-state index in [1.807, 2.05) is 49.4 Å². The van der Waals surface area contributed by atoms with Gasteiger partial charge in [0.05, 0.1) is 30.0 Å². The second-order valence-corrected chi connectivity index (χ2v) is 10.6. The first-order valence-electron chi connectivity index (χ1n) is 13.3. The Kier molecular flexibility index (Phi) is 6.36. The Hall–Kier alpha value is -3.03. The summed E-state index contributed by atoms with van der Waals surface area (Å²) in [5.41, 5.74) is 3.02. The lowest BCUT2D eigenvalue weighted by Gasteiger charge is -2.27. The quantitative estimate of drug-likeness (QED) is 0.502. The number of aliphatic hydroxyl groups is 1. The molecule has 4 atom stereocenters. The van der Waals surface area contributed by atoms with Crippen molar-refractivity contribution in [1.29, 1.82) is 0 Å². The fourth-order valence-electron chi connectivity index (χ4n) is 6.31. The number of aromatic nitrogens is 2. The standard InChI is InChI=1S/C29H34N4O3/c1-2-36-28-10-9-19(14-30-28)26-13-24(23-5-3-4-6-25(23)32-26)29(35)31-22-11-20-15-33(16-21(20)12-22)27(17-34)18-7-8-18/h3-6,9-10,13-14,18,20-22,27,34H,2,7-8,11-12,15-17H2,1H3,(H,31,35)/t20-,21+,22?,27-/m1/s1. The molecule has 0 bridgehead atoms. The lowest BCUT2D eigenvalue weighted by Crippen LogP contribution is -2.40. The second-order valence-electron chi connectivity index (χ2n) is 10.6. The number of amides is 1. The Morgan fingerprint density at radius 2 is 1.94 bits per heavy atom. The Morgan fingerprint density at radius 3 is 2.61 bits per heavy atom. The maximum atomic E-state index is 13.6. The van der Waals surface area contributed by atoms with Crippen LogP contribution in [0.5, 0.6) is 5.88 Å². The molecule has 1 saturated heterocycles. The average molecular weight is 487 g/mol. The summed E-state index contributed by atoms with van der Waals surface area (Å²) in [5.74, 6) is 2.42. The summed E-state index contributed by atoms with van der Waals surface area (Å²) >= 11 is 0. The third-order valence-electron chi connectivity index (χ3n) is 8.22. The zero-order valence-corrected chi connectivity index (χ0v) is 20.8. The van der Waals surface area contributed by atoms with Gasteiger partial charge >= 0.3 is 0 Å². The van der Waals surface area contributed by atoms with Crippen molar-refractivity contribution in [3.8, 4) is 17.1 Å². The highest BCUT2D eigenvalue weighted by Crippen LogP contribution is 2.43. The maximum absolute atomic E-state index is 13.6.